The number of rotatable bonds is 5. The van der Waals surface area contributed by atoms with Gasteiger partial charge in [-0.1, -0.05) is 0 Å². The van der Waals surface area contributed by atoms with E-state index in [4.69, 9.17) is 9.15 Å². The van der Waals surface area contributed by atoms with E-state index in [1.165, 1.54) is 0 Å². The summed E-state index contributed by atoms with van der Waals surface area (Å²) >= 11 is 0. The third-order valence-electron chi connectivity index (χ3n) is 4.07. The Morgan fingerprint density at radius 2 is 2.33 bits per heavy atom. The van der Waals surface area contributed by atoms with Crippen molar-refractivity contribution in [2.75, 3.05) is 13.2 Å². The number of nitrogens with one attached hydrogen (secondary N) is 1. The van der Waals surface area contributed by atoms with Crippen LogP contribution in [0.2, 0.25) is 0 Å². The van der Waals surface area contributed by atoms with Gasteiger partial charge in [0.2, 0.25) is 11.8 Å². The zero-order chi connectivity index (χ0) is 14.7. The summed E-state index contributed by atoms with van der Waals surface area (Å²) in [6.45, 7) is 1.65. The van der Waals surface area contributed by atoms with E-state index in [9.17, 15) is 9.59 Å². The number of hydrogen-bond acceptors (Lipinski definition) is 4. The molecular weight excluding hydrogens is 272 g/mol. The van der Waals surface area contributed by atoms with Gasteiger partial charge in [-0.05, 0) is 31.4 Å². The zero-order valence-corrected chi connectivity index (χ0v) is 11.9. The maximum atomic E-state index is 12.3. The van der Waals surface area contributed by atoms with Crippen molar-refractivity contribution < 1.29 is 18.7 Å². The molecule has 3 heterocycles. The number of furan rings is 1. The van der Waals surface area contributed by atoms with E-state index in [2.05, 4.69) is 5.32 Å². The van der Waals surface area contributed by atoms with Crippen LogP contribution in [-0.2, 0) is 20.9 Å². The van der Waals surface area contributed by atoms with Crippen molar-refractivity contribution in [1.82, 2.24) is 10.2 Å². The third kappa shape index (κ3) is 3.26. The normalized spacial score (nSPS) is 25.5. The lowest BCUT2D eigenvalue weighted by Crippen LogP contribution is -2.46. The Kier molecular flexibility index (Phi) is 4.24. The van der Waals surface area contributed by atoms with Crippen LogP contribution in [-0.4, -0.2) is 42.0 Å². The molecule has 114 valence electrons. The van der Waals surface area contributed by atoms with Gasteiger partial charge in [0.1, 0.15) is 11.8 Å². The van der Waals surface area contributed by atoms with E-state index in [-0.39, 0.29) is 17.9 Å². The van der Waals surface area contributed by atoms with Crippen LogP contribution >= 0.6 is 0 Å². The van der Waals surface area contributed by atoms with Gasteiger partial charge in [0, 0.05) is 19.6 Å². The Balaban J connectivity index is 1.56. The van der Waals surface area contributed by atoms with Gasteiger partial charge in [-0.15, -0.1) is 0 Å². The Bertz CT molecular complexity index is 494. The highest BCUT2D eigenvalue weighted by Crippen LogP contribution is 2.22. The fraction of sp³-hybridized carbons (Fsp3) is 0.600. The van der Waals surface area contributed by atoms with Crippen LogP contribution in [0, 0.1) is 0 Å². The highest BCUT2D eigenvalue weighted by molar-refractivity contribution is 5.90. The molecule has 2 saturated heterocycles. The van der Waals surface area contributed by atoms with Crippen molar-refractivity contribution in [3.63, 3.8) is 0 Å². The SMILES string of the molecule is O=C(NC[C@@H]1CCCO1)[C@H]1CCC(=O)N1Cc1ccco1. The molecule has 2 aliphatic rings. The molecule has 3 rings (SSSR count). The molecule has 6 heteroatoms. The molecule has 1 aromatic rings. The van der Waals surface area contributed by atoms with Gasteiger partial charge in [0.25, 0.3) is 0 Å². The third-order valence-corrected chi connectivity index (χ3v) is 4.07. The van der Waals surface area contributed by atoms with Crippen molar-refractivity contribution >= 4 is 11.8 Å². The maximum Gasteiger partial charge on any atom is 0.242 e. The fourth-order valence-electron chi connectivity index (χ4n) is 2.91. The number of nitrogens with zero attached hydrogens (tertiary/aromatic N) is 1. The fourth-order valence-corrected chi connectivity index (χ4v) is 2.91. The summed E-state index contributed by atoms with van der Waals surface area (Å²) in [6.07, 6.45) is 4.70. The van der Waals surface area contributed by atoms with Gasteiger partial charge < -0.3 is 19.4 Å². The molecule has 0 bridgehead atoms. The van der Waals surface area contributed by atoms with Crippen molar-refractivity contribution in [2.24, 2.45) is 0 Å². The molecule has 1 N–H and O–H groups in total. The first kappa shape index (κ1) is 14.1. The number of hydrogen-bond donors (Lipinski definition) is 1. The molecule has 21 heavy (non-hydrogen) atoms. The van der Waals surface area contributed by atoms with E-state index in [0.717, 1.165) is 19.4 Å². The summed E-state index contributed by atoms with van der Waals surface area (Å²) in [7, 11) is 0. The predicted molar refractivity (Wildman–Crippen MR) is 74.3 cm³/mol. The topological polar surface area (TPSA) is 71.8 Å². The summed E-state index contributed by atoms with van der Waals surface area (Å²) in [5, 5.41) is 2.91. The molecule has 6 nitrogen and oxygen atoms in total. The van der Waals surface area contributed by atoms with Gasteiger partial charge in [-0.25, -0.2) is 0 Å². The Labute approximate surface area is 123 Å². The number of carbonyl (C=O) groups excluding carboxylic acids is 2. The summed E-state index contributed by atoms with van der Waals surface area (Å²) in [4.78, 5) is 25.9. The smallest absolute Gasteiger partial charge is 0.242 e. The molecule has 0 radical (unpaired) electrons. The Morgan fingerprint density at radius 3 is 3.05 bits per heavy atom. The standard InChI is InChI=1S/C15H20N2O4/c18-14-6-5-13(17(14)10-12-4-2-8-21-12)15(19)16-9-11-3-1-7-20-11/h2,4,8,11,13H,1,3,5-7,9-10H2,(H,16,19)/t11-,13+/m0/s1. The van der Waals surface area contributed by atoms with E-state index in [0.29, 0.717) is 31.7 Å². The summed E-state index contributed by atoms with van der Waals surface area (Å²) in [5.74, 6) is 0.605. The van der Waals surface area contributed by atoms with Gasteiger partial charge in [-0.2, -0.15) is 0 Å². The maximum absolute atomic E-state index is 12.3. The average molecular weight is 292 g/mol. The monoisotopic (exact) mass is 292 g/mol. The number of amides is 2. The molecule has 0 aliphatic carbocycles. The van der Waals surface area contributed by atoms with E-state index < -0.39 is 6.04 Å². The summed E-state index contributed by atoms with van der Waals surface area (Å²) in [5.41, 5.74) is 0. The molecule has 1 aromatic heterocycles. The zero-order valence-electron chi connectivity index (χ0n) is 11.9. The first-order chi connectivity index (χ1) is 10.2. The lowest BCUT2D eigenvalue weighted by Gasteiger charge is -2.23. The first-order valence-electron chi connectivity index (χ1n) is 7.45. The van der Waals surface area contributed by atoms with E-state index in [1.807, 2.05) is 6.07 Å². The minimum Gasteiger partial charge on any atom is -0.467 e. The van der Waals surface area contributed by atoms with Crippen molar-refractivity contribution in [2.45, 2.75) is 44.4 Å². The summed E-state index contributed by atoms with van der Waals surface area (Å²) < 4.78 is 10.8. The molecule has 0 aromatic carbocycles. The predicted octanol–water partition coefficient (Wildman–Crippen LogP) is 1.07. The average Bonchev–Trinajstić information content (AvgIpc) is 3.21. The summed E-state index contributed by atoms with van der Waals surface area (Å²) in [6, 6.07) is 3.19. The van der Waals surface area contributed by atoms with E-state index >= 15 is 0 Å². The molecule has 2 fully saturated rings. The first-order valence-corrected chi connectivity index (χ1v) is 7.45. The second-order valence-electron chi connectivity index (χ2n) is 5.54. The molecule has 0 spiro atoms. The van der Waals surface area contributed by atoms with Gasteiger partial charge in [-0.3, -0.25) is 9.59 Å². The van der Waals surface area contributed by atoms with Crippen LogP contribution in [0.3, 0.4) is 0 Å². The second-order valence-corrected chi connectivity index (χ2v) is 5.54. The minimum atomic E-state index is -0.399. The highest BCUT2D eigenvalue weighted by atomic mass is 16.5. The van der Waals surface area contributed by atoms with Crippen molar-refractivity contribution in [3.05, 3.63) is 24.2 Å². The Hall–Kier alpha value is -1.82. The van der Waals surface area contributed by atoms with Crippen LogP contribution in [0.1, 0.15) is 31.4 Å². The Morgan fingerprint density at radius 1 is 1.43 bits per heavy atom. The minimum absolute atomic E-state index is 0.00339. The molecule has 2 aliphatic heterocycles. The van der Waals surface area contributed by atoms with Crippen LogP contribution in [0.25, 0.3) is 0 Å². The molecular formula is C15H20N2O4. The van der Waals surface area contributed by atoms with Gasteiger partial charge in [0.05, 0.1) is 18.9 Å². The number of ether oxygens (including phenoxy) is 1. The van der Waals surface area contributed by atoms with Gasteiger partial charge >= 0.3 is 0 Å². The lowest BCUT2D eigenvalue weighted by atomic mass is 10.2. The van der Waals surface area contributed by atoms with Crippen LogP contribution < -0.4 is 5.32 Å². The van der Waals surface area contributed by atoms with E-state index in [1.54, 1.807) is 17.2 Å². The van der Waals surface area contributed by atoms with Crippen LogP contribution in [0.4, 0.5) is 0 Å². The molecule has 2 amide bonds. The lowest BCUT2D eigenvalue weighted by molar-refractivity contribution is -0.136. The second kappa shape index (κ2) is 6.30. The molecule has 0 unspecified atom stereocenters. The number of carbonyl (C=O) groups is 2. The molecule has 0 saturated carbocycles. The largest absolute Gasteiger partial charge is 0.467 e. The number of likely N-dealkylation sites (tertiary alicyclic amines) is 1. The van der Waals surface area contributed by atoms with Crippen molar-refractivity contribution in [3.8, 4) is 0 Å². The highest BCUT2D eigenvalue weighted by Gasteiger charge is 2.36. The van der Waals surface area contributed by atoms with Crippen LogP contribution in [0.15, 0.2) is 22.8 Å². The van der Waals surface area contributed by atoms with Crippen molar-refractivity contribution in [1.29, 1.82) is 0 Å². The van der Waals surface area contributed by atoms with Gasteiger partial charge in [0.15, 0.2) is 0 Å². The molecule has 2 atom stereocenters. The quantitative estimate of drug-likeness (QED) is 0.881. The van der Waals surface area contributed by atoms with Crippen LogP contribution in [0.5, 0.6) is 0 Å².